The number of anilines is 1. The summed E-state index contributed by atoms with van der Waals surface area (Å²) in [6.45, 7) is 3.91. The molecule has 1 unspecified atom stereocenters. The van der Waals surface area contributed by atoms with Gasteiger partial charge >= 0.3 is 12.0 Å². The van der Waals surface area contributed by atoms with E-state index in [2.05, 4.69) is 42.5 Å². The third-order valence-electron chi connectivity index (χ3n) is 2.87. The summed E-state index contributed by atoms with van der Waals surface area (Å²) < 4.78 is 1.45. The number of hydrogen-bond donors (Lipinski definition) is 3. The van der Waals surface area contributed by atoms with Crippen LogP contribution in [0.5, 0.6) is 0 Å². The van der Waals surface area contributed by atoms with E-state index in [0.29, 0.717) is 12.1 Å². The van der Waals surface area contributed by atoms with E-state index < -0.39 is 18.0 Å². The number of unbranched alkanes of at least 4 members (excludes halogenated alkanes) is 1. The normalized spacial score (nSPS) is 11.8. The molecule has 1 aromatic rings. The minimum atomic E-state index is -1.03. The summed E-state index contributed by atoms with van der Waals surface area (Å²) in [4.78, 5) is 23.1. The zero-order valence-corrected chi connectivity index (χ0v) is 15.0. The maximum absolute atomic E-state index is 12.0. The second-order valence-electron chi connectivity index (χ2n) is 4.74. The van der Waals surface area contributed by atoms with E-state index >= 15 is 0 Å². The Bertz CT molecular complexity index is 512. The standard InChI is InChI=1S/C14H18Br2N2O3/c1-3-4-5-11(13(19)20)17-14(21)18-12-9(15)6-8(2)7-10(12)16/h6-7,11H,3-5H2,1-2H3,(H,19,20)(H2,17,18,21). The first-order valence-corrected chi connectivity index (χ1v) is 8.19. The molecule has 0 aliphatic heterocycles. The monoisotopic (exact) mass is 420 g/mol. The van der Waals surface area contributed by atoms with Crippen LogP contribution in [0.2, 0.25) is 0 Å². The molecule has 0 spiro atoms. The molecule has 21 heavy (non-hydrogen) atoms. The Hall–Kier alpha value is -1.08. The van der Waals surface area contributed by atoms with Gasteiger partial charge in [-0.25, -0.2) is 9.59 Å². The van der Waals surface area contributed by atoms with Crippen LogP contribution in [0.4, 0.5) is 10.5 Å². The van der Waals surface area contributed by atoms with E-state index in [9.17, 15) is 9.59 Å². The highest BCUT2D eigenvalue weighted by molar-refractivity contribution is 9.11. The second kappa shape index (κ2) is 8.38. The van der Waals surface area contributed by atoms with Gasteiger partial charge in [0.1, 0.15) is 6.04 Å². The van der Waals surface area contributed by atoms with E-state index in [1.54, 1.807) is 0 Å². The lowest BCUT2D eigenvalue weighted by Gasteiger charge is -2.16. The molecule has 2 amide bonds. The molecule has 5 nitrogen and oxygen atoms in total. The van der Waals surface area contributed by atoms with Crippen molar-refractivity contribution < 1.29 is 14.7 Å². The molecule has 1 atom stereocenters. The lowest BCUT2D eigenvalue weighted by atomic mass is 10.1. The molecular weight excluding hydrogens is 404 g/mol. The molecular formula is C14H18Br2N2O3. The molecule has 0 aromatic heterocycles. The second-order valence-corrected chi connectivity index (χ2v) is 6.44. The molecule has 0 heterocycles. The fourth-order valence-corrected chi connectivity index (χ4v) is 3.41. The zero-order valence-electron chi connectivity index (χ0n) is 11.9. The van der Waals surface area contributed by atoms with Crippen LogP contribution < -0.4 is 10.6 Å². The van der Waals surface area contributed by atoms with Crippen molar-refractivity contribution in [1.29, 1.82) is 0 Å². The average molecular weight is 422 g/mol. The van der Waals surface area contributed by atoms with Gasteiger partial charge in [-0.15, -0.1) is 0 Å². The number of carboxylic acids is 1. The molecule has 0 aliphatic carbocycles. The Morgan fingerprint density at radius 1 is 1.29 bits per heavy atom. The molecule has 0 saturated heterocycles. The van der Waals surface area contributed by atoms with Gasteiger partial charge in [0, 0.05) is 8.95 Å². The molecule has 0 saturated carbocycles. The number of rotatable bonds is 6. The zero-order chi connectivity index (χ0) is 16.0. The lowest BCUT2D eigenvalue weighted by molar-refractivity contribution is -0.139. The van der Waals surface area contributed by atoms with E-state index in [0.717, 1.165) is 27.4 Å². The summed E-state index contributed by atoms with van der Waals surface area (Å²) in [7, 11) is 0. The van der Waals surface area contributed by atoms with Crippen molar-refractivity contribution in [2.45, 2.75) is 39.2 Å². The van der Waals surface area contributed by atoms with Crippen LogP contribution in [-0.2, 0) is 4.79 Å². The number of aliphatic carboxylic acids is 1. The number of amides is 2. The number of aryl methyl sites for hydroxylation is 1. The van der Waals surface area contributed by atoms with Crippen LogP contribution >= 0.6 is 31.9 Å². The number of carbonyl (C=O) groups excluding carboxylic acids is 1. The van der Waals surface area contributed by atoms with Crippen LogP contribution in [0.25, 0.3) is 0 Å². The van der Waals surface area contributed by atoms with Gasteiger partial charge in [0.25, 0.3) is 0 Å². The van der Waals surface area contributed by atoms with Gasteiger partial charge in [0.2, 0.25) is 0 Å². The van der Waals surface area contributed by atoms with Gasteiger partial charge < -0.3 is 15.7 Å². The first kappa shape index (κ1) is 18.0. The summed E-state index contributed by atoms with van der Waals surface area (Å²) in [5.41, 5.74) is 1.60. The van der Waals surface area contributed by atoms with Gasteiger partial charge in [-0.3, -0.25) is 0 Å². The molecule has 116 valence electrons. The van der Waals surface area contributed by atoms with Gasteiger partial charge in [-0.05, 0) is 62.9 Å². The number of benzene rings is 1. The highest BCUT2D eigenvalue weighted by atomic mass is 79.9. The van der Waals surface area contributed by atoms with Crippen LogP contribution in [0, 0.1) is 6.92 Å². The van der Waals surface area contributed by atoms with E-state index in [1.807, 2.05) is 26.0 Å². The molecule has 0 aliphatic rings. The van der Waals surface area contributed by atoms with E-state index in [-0.39, 0.29) is 0 Å². The maximum Gasteiger partial charge on any atom is 0.326 e. The third-order valence-corrected chi connectivity index (χ3v) is 4.13. The van der Waals surface area contributed by atoms with E-state index in [1.165, 1.54) is 0 Å². The third kappa shape index (κ3) is 5.67. The highest BCUT2D eigenvalue weighted by Crippen LogP contribution is 2.32. The average Bonchev–Trinajstić information content (AvgIpc) is 2.38. The van der Waals surface area contributed by atoms with Crippen LogP contribution in [-0.4, -0.2) is 23.1 Å². The number of halogens is 2. The minimum absolute atomic E-state index is 0.412. The Morgan fingerprint density at radius 2 is 1.86 bits per heavy atom. The Balaban J connectivity index is 2.74. The first-order chi connectivity index (χ1) is 9.85. The van der Waals surface area contributed by atoms with Crippen molar-refractivity contribution >= 4 is 49.5 Å². The Kier molecular flexibility index (Phi) is 7.17. The molecule has 7 heteroatoms. The van der Waals surface area contributed by atoms with Crippen LogP contribution in [0.1, 0.15) is 31.7 Å². The van der Waals surface area contributed by atoms with Crippen molar-refractivity contribution in [3.8, 4) is 0 Å². The Morgan fingerprint density at radius 3 is 2.33 bits per heavy atom. The van der Waals surface area contributed by atoms with Gasteiger partial charge in [0.05, 0.1) is 5.69 Å². The van der Waals surface area contributed by atoms with Crippen molar-refractivity contribution in [2.24, 2.45) is 0 Å². The Labute approximate surface area is 140 Å². The van der Waals surface area contributed by atoms with Gasteiger partial charge in [0.15, 0.2) is 0 Å². The van der Waals surface area contributed by atoms with Crippen LogP contribution in [0.15, 0.2) is 21.1 Å². The largest absolute Gasteiger partial charge is 0.480 e. The van der Waals surface area contributed by atoms with Crippen LogP contribution in [0.3, 0.4) is 0 Å². The SMILES string of the molecule is CCCCC(NC(=O)Nc1c(Br)cc(C)cc1Br)C(=O)O. The summed E-state index contributed by atoms with van der Waals surface area (Å²) in [6, 6.07) is 2.31. The number of carboxylic acid groups (broad SMARTS) is 1. The molecule has 0 bridgehead atoms. The summed E-state index contributed by atoms with van der Waals surface area (Å²) in [6.07, 6.45) is 2.03. The maximum atomic E-state index is 12.0. The van der Waals surface area contributed by atoms with Crippen molar-refractivity contribution in [3.05, 3.63) is 26.6 Å². The van der Waals surface area contributed by atoms with Crippen molar-refractivity contribution in [3.63, 3.8) is 0 Å². The first-order valence-electron chi connectivity index (χ1n) is 6.61. The molecule has 0 fully saturated rings. The summed E-state index contributed by atoms with van der Waals surface area (Å²) in [5.74, 6) is -1.03. The van der Waals surface area contributed by atoms with Crippen molar-refractivity contribution in [1.82, 2.24) is 5.32 Å². The van der Waals surface area contributed by atoms with Gasteiger partial charge in [-0.1, -0.05) is 19.8 Å². The lowest BCUT2D eigenvalue weighted by Crippen LogP contribution is -2.43. The van der Waals surface area contributed by atoms with Gasteiger partial charge in [-0.2, -0.15) is 0 Å². The smallest absolute Gasteiger partial charge is 0.326 e. The summed E-state index contributed by atoms with van der Waals surface area (Å²) >= 11 is 6.75. The molecule has 3 N–H and O–H groups in total. The fourth-order valence-electron chi connectivity index (χ4n) is 1.79. The predicted octanol–water partition coefficient (Wildman–Crippen LogP) is 4.28. The minimum Gasteiger partial charge on any atom is -0.480 e. The van der Waals surface area contributed by atoms with E-state index in [4.69, 9.17) is 5.11 Å². The molecule has 1 rings (SSSR count). The topological polar surface area (TPSA) is 78.4 Å². The number of carbonyl (C=O) groups is 2. The molecule has 1 aromatic carbocycles. The number of hydrogen-bond acceptors (Lipinski definition) is 2. The fraction of sp³-hybridized carbons (Fsp3) is 0.429. The quantitative estimate of drug-likeness (QED) is 0.641. The molecule has 0 radical (unpaired) electrons. The summed E-state index contributed by atoms with van der Waals surface area (Å²) in [5, 5.41) is 14.2. The number of urea groups is 1. The van der Waals surface area contributed by atoms with Crippen molar-refractivity contribution in [2.75, 3.05) is 5.32 Å². The number of nitrogens with one attached hydrogen (secondary N) is 2. The highest BCUT2D eigenvalue weighted by Gasteiger charge is 2.20. The predicted molar refractivity (Wildman–Crippen MR) is 89.7 cm³/mol.